The van der Waals surface area contributed by atoms with Gasteiger partial charge in [-0.25, -0.2) is 0 Å². The monoisotopic (exact) mass is 302 g/mol. The molecule has 118 valence electrons. The second-order valence-corrected chi connectivity index (χ2v) is 4.82. The third-order valence-corrected chi connectivity index (χ3v) is 2.77. The molecule has 1 aromatic carbocycles. The van der Waals surface area contributed by atoms with Gasteiger partial charge in [-0.3, -0.25) is 4.79 Å². The van der Waals surface area contributed by atoms with Crippen molar-refractivity contribution >= 4 is 5.91 Å². The van der Waals surface area contributed by atoms with Gasteiger partial charge < -0.3 is 20.1 Å². The highest BCUT2D eigenvalue weighted by atomic mass is 19.3. The Balaban J connectivity index is 2.41. The van der Waals surface area contributed by atoms with Gasteiger partial charge in [-0.15, -0.1) is 0 Å². The van der Waals surface area contributed by atoms with Crippen molar-refractivity contribution in [3.05, 3.63) is 29.8 Å². The third-order valence-electron chi connectivity index (χ3n) is 2.77. The second kappa shape index (κ2) is 8.53. The smallest absolute Gasteiger partial charge is 0.387 e. The predicted octanol–water partition coefficient (Wildman–Crippen LogP) is 1.39. The average Bonchev–Trinajstić information content (AvgIpc) is 2.42. The van der Waals surface area contributed by atoms with Crippen LogP contribution in [0.1, 0.15) is 18.1 Å². The quantitative estimate of drug-likeness (QED) is 0.762. The highest BCUT2D eigenvalue weighted by Gasteiger charge is 2.11. The molecule has 0 radical (unpaired) electrons. The molecule has 1 atom stereocenters. The molecule has 7 heteroatoms. The zero-order valence-electron chi connectivity index (χ0n) is 12.1. The summed E-state index contributed by atoms with van der Waals surface area (Å²) in [6.45, 7) is -2.18. The summed E-state index contributed by atoms with van der Waals surface area (Å²) in [7, 11) is 3.73. The first-order chi connectivity index (χ1) is 9.88. The molecule has 1 rings (SSSR count). The van der Waals surface area contributed by atoms with E-state index in [9.17, 15) is 18.7 Å². The van der Waals surface area contributed by atoms with Gasteiger partial charge in [0.15, 0.2) is 0 Å². The van der Waals surface area contributed by atoms with Crippen molar-refractivity contribution in [3.63, 3.8) is 0 Å². The molecular weight excluding hydrogens is 282 g/mol. The Morgan fingerprint density at radius 2 is 1.95 bits per heavy atom. The number of aliphatic hydroxyl groups is 1. The van der Waals surface area contributed by atoms with Crippen molar-refractivity contribution in [1.82, 2.24) is 10.2 Å². The number of hydrogen-bond donors (Lipinski definition) is 2. The molecule has 0 heterocycles. The van der Waals surface area contributed by atoms with Crippen molar-refractivity contribution in [2.75, 3.05) is 27.2 Å². The SMILES string of the molecule is CN(C)CCC(=O)NCC(O)c1ccc(OC(F)F)cc1. The van der Waals surface area contributed by atoms with Gasteiger partial charge in [-0.05, 0) is 31.8 Å². The first kappa shape index (κ1) is 17.3. The lowest BCUT2D eigenvalue weighted by molar-refractivity contribution is -0.121. The van der Waals surface area contributed by atoms with Crippen molar-refractivity contribution in [1.29, 1.82) is 0 Å². The summed E-state index contributed by atoms with van der Waals surface area (Å²) < 4.78 is 28.2. The molecule has 0 aromatic heterocycles. The van der Waals surface area contributed by atoms with Crippen LogP contribution >= 0.6 is 0 Å². The van der Waals surface area contributed by atoms with Crippen molar-refractivity contribution in [2.24, 2.45) is 0 Å². The van der Waals surface area contributed by atoms with Crippen molar-refractivity contribution in [2.45, 2.75) is 19.1 Å². The van der Waals surface area contributed by atoms with Crippen LogP contribution in [0.2, 0.25) is 0 Å². The minimum absolute atomic E-state index is 0.0240. The zero-order chi connectivity index (χ0) is 15.8. The Hall–Kier alpha value is -1.73. The average molecular weight is 302 g/mol. The fourth-order valence-electron chi connectivity index (χ4n) is 1.61. The van der Waals surface area contributed by atoms with Gasteiger partial charge in [-0.1, -0.05) is 12.1 Å². The molecule has 21 heavy (non-hydrogen) atoms. The van der Waals surface area contributed by atoms with Crippen LogP contribution in [0.5, 0.6) is 5.75 Å². The van der Waals surface area contributed by atoms with Gasteiger partial charge >= 0.3 is 6.61 Å². The highest BCUT2D eigenvalue weighted by molar-refractivity contribution is 5.76. The first-order valence-corrected chi connectivity index (χ1v) is 6.52. The van der Waals surface area contributed by atoms with Crippen LogP contribution in [0, 0.1) is 0 Å². The topological polar surface area (TPSA) is 61.8 Å². The van der Waals surface area contributed by atoms with Gasteiger partial charge in [-0.2, -0.15) is 8.78 Å². The lowest BCUT2D eigenvalue weighted by atomic mass is 10.1. The number of benzene rings is 1. The predicted molar refractivity (Wildman–Crippen MR) is 74.2 cm³/mol. The third kappa shape index (κ3) is 7.01. The van der Waals surface area contributed by atoms with Crippen LogP contribution in [0.25, 0.3) is 0 Å². The van der Waals surface area contributed by atoms with E-state index in [0.29, 0.717) is 18.5 Å². The molecule has 1 aromatic rings. The van der Waals surface area contributed by atoms with E-state index in [-0.39, 0.29) is 18.2 Å². The molecule has 0 aliphatic rings. The fourth-order valence-corrected chi connectivity index (χ4v) is 1.61. The lowest BCUT2D eigenvalue weighted by Crippen LogP contribution is -2.30. The molecule has 0 fully saturated rings. The second-order valence-electron chi connectivity index (χ2n) is 4.82. The number of rotatable bonds is 8. The summed E-state index contributed by atoms with van der Waals surface area (Å²) >= 11 is 0. The van der Waals surface area contributed by atoms with Gasteiger partial charge in [0, 0.05) is 19.5 Å². The first-order valence-electron chi connectivity index (χ1n) is 6.52. The number of carbonyl (C=O) groups excluding carboxylic acids is 1. The summed E-state index contributed by atoms with van der Waals surface area (Å²) in [6.07, 6.45) is -0.546. The van der Waals surface area contributed by atoms with E-state index in [0.717, 1.165) is 0 Å². The standard InChI is InChI=1S/C14H20F2N2O3/c1-18(2)8-7-13(20)17-9-12(19)10-3-5-11(6-4-10)21-14(15)16/h3-6,12,14,19H,7-9H2,1-2H3,(H,17,20). The molecule has 0 aliphatic carbocycles. The number of halogens is 2. The number of alkyl halides is 2. The molecule has 5 nitrogen and oxygen atoms in total. The van der Waals surface area contributed by atoms with E-state index in [2.05, 4.69) is 10.1 Å². The van der Waals surface area contributed by atoms with E-state index >= 15 is 0 Å². The zero-order valence-corrected chi connectivity index (χ0v) is 12.1. The highest BCUT2D eigenvalue weighted by Crippen LogP contribution is 2.18. The Bertz CT molecular complexity index is 438. The molecule has 0 saturated heterocycles. The largest absolute Gasteiger partial charge is 0.435 e. The minimum atomic E-state index is -2.88. The van der Waals surface area contributed by atoms with Gasteiger partial charge in [0.1, 0.15) is 5.75 Å². The summed E-state index contributed by atoms with van der Waals surface area (Å²) in [6, 6.07) is 5.65. The van der Waals surface area contributed by atoms with E-state index in [1.807, 2.05) is 19.0 Å². The van der Waals surface area contributed by atoms with Crippen LogP contribution in [-0.2, 0) is 4.79 Å². The van der Waals surface area contributed by atoms with E-state index in [1.54, 1.807) is 0 Å². The van der Waals surface area contributed by atoms with E-state index in [4.69, 9.17) is 0 Å². The number of nitrogens with one attached hydrogen (secondary N) is 1. The number of aliphatic hydroxyl groups excluding tert-OH is 1. The normalized spacial score (nSPS) is 12.5. The number of hydrogen-bond acceptors (Lipinski definition) is 4. The van der Waals surface area contributed by atoms with Gasteiger partial charge in [0.2, 0.25) is 5.91 Å². The summed E-state index contributed by atoms with van der Waals surface area (Å²) in [5.41, 5.74) is 0.518. The molecular formula is C14H20F2N2O3. The molecule has 0 spiro atoms. The van der Waals surface area contributed by atoms with E-state index in [1.165, 1.54) is 24.3 Å². The fraction of sp³-hybridized carbons (Fsp3) is 0.500. The molecule has 1 unspecified atom stereocenters. The maximum absolute atomic E-state index is 12.0. The van der Waals surface area contributed by atoms with Crippen molar-refractivity contribution in [3.8, 4) is 5.75 Å². The minimum Gasteiger partial charge on any atom is -0.435 e. The van der Waals surface area contributed by atoms with Crippen LogP contribution in [0.4, 0.5) is 8.78 Å². The lowest BCUT2D eigenvalue weighted by Gasteiger charge is -2.14. The Morgan fingerprint density at radius 1 is 1.33 bits per heavy atom. The summed E-state index contributed by atoms with van der Waals surface area (Å²) in [5, 5.41) is 12.5. The number of carbonyl (C=O) groups is 1. The van der Waals surface area contributed by atoms with Crippen molar-refractivity contribution < 1.29 is 23.4 Å². The van der Waals surface area contributed by atoms with E-state index < -0.39 is 12.7 Å². The maximum atomic E-state index is 12.0. The van der Waals surface area contributed by atoms with Crippen LogP contribution in [0.3, 0.4) is 0 Å². The number of nitrogens with zero attached hydrogens (tertiary/aromatic N) is 1. The van der Waals surface area contributed by atoms with Gasteiger partial charge in [0.25, 0.3) is 0 Å². The van der Waals surface area contributed by atoms with Crippen LogP contribution in [-0.4, -0.2) is 49.7 Å². The molecule has 1 amide bonds. The van der Waals surface area contributed by atoms with Crippen LogP contribution < -0.4 is 10.1 Å². The number of amides is 1. The summed E-state index contributed by atoms with van der Waals surface area (Å²) in [5.74, 6) is -0.128. The molecule has 0 aliphatic heterocycles. The maximum Gasteiger partial charge on any atom is 0.387 e. The Kier molecular flexibility index (Phi) is 7.04. The molecule has 2 N–H and O–H groups in total. The Labute approximate surface area is 122 Å². The Morgan fingerprint density at radius 3 is 2.48 bits per heavy atom. The van der Waals surface area contributed by atoms with Gasteiger partial charge in [0.05, 0.1) is 6.10 Å². The molecule has 0 saturated carbocycles. The molecule has 0 bridgehead atoms. The summed E-state index contributed by atoms with van der Waals surface area (Å²) in [4.78, 5) is 13.4. The number of ether oxygens (including phenoxy) is 1. The van der Waals surface area contributed by atoms with Crippen LogP contribution in [0.15, 0.2) is 24.3 Å².